The number of benzene rings is 3. The minimum absolute atomic E-state index is 0.00404. The molecule has 0 saturated carbocycles. The number of amides is 1. The molecule has 7 nitrogen and oxygen atoms in total. The van der Waals surface area contributed by atoms with Gasteiger partial charge in [-0.1, -0.05) is 52.5 Å². The molecule has 4 heterocycles. The first-order valence-corrected chi connectivity index (χ1v) is 17.6. The SMILES string of the molecule is CCN1CC=C(C)c2cc3c(cc21)Oc1cc2c(cc1C31OC(=O)c3c(Cl)c(Cl)c(Cl)c(Cl)c31)CCCN2CCCC(=O)NC(C)C. The highest BCUT2D eigenvalue weighted by atomic mass is 35.5. The number of allylic oxidation sites excluding steroid dienone is 1. The average molecular weight is 716 g/mol. The van der Waals surface area contributed by atoms with Crippen LogP contribution in [0.3, 0.4) is 0 Å². The molecule has 3 aromatic rings. The average Bonchev–Trinajstić information content (AvgIpc) is 3.34. The van der Waals surface area contributed by atoms with Crippen molar-refractivity contribution in [3.05, 3.63) is 83.8 Å². The first-order valence-electron chi connectivity index (χ1n) is 16.1. The maximum atomic E-state index is 13.9. The molecule has 0 aliphatic carbocycles. The van der Waals surface area contributed by atoms with Gasteiger partial charge in [0.25, 0.3) is 0 Å². The van der Waals surface area contributed by atoms with Crippen LogP contribution >= 0.6 is 46.4 Å². The van der Waals surface area contributed by atoms with E-state index < -0.39 is 11.6 Å². The molecule has 0 aromatic heterocycles. The van der Waals surface area contributed by atoms with Gasteiger partial charge in [0.1, 0.15) is 11.5 Å². The van der Waals surface area contributed by atoms with Crippen molar-refractivity contribution in [2.24, 2.45) is 0 Å². The first-order chi connectivity index (χ1) is 22.5. The van der Waals surface area contributed by atoms with Crippen LogP contribution < -0.4 is 19.9 Å². The van der Waals surface area contributed by atoms with Gasteiger partial charge in [-0.2, -0.15) is 0 Å². The molecule has 1 spiro atoms. The van der Waals surface area contributed by atoms with Crippen molar-refractivity contribution >= 4 is 75.2 Å². The zero-order chi connectivity index (χ0) is 33.4. The summed E-state index contributed by atoms with van der Waals surface area (Å²) in [4.78, 5) is 30.8. The van der Waals surface area contributed by atoms with E-state index in [1.165, 1.54) is 0 Å². The molecule has 1 N–H and O–H groups in total. The fourth-order valence-corrected chi connectivity index (χ4v) is 8.47. The zero-order valence-corrected chi connectivity index (χ0v) is 29.7. The third-order valence-electron chi connectivity index (χ3n) is 9.59. The Morgan fingerprint density at radius 1 is 0.979 bits per heavy atom. The number of nitrogens with zero attached hydrogens (tertiary/aromatic N) is 2. The molecular weight excluding hydrogens is 680 g/mol. The van der Waals surface area contributed by atoms with Crippen LogP contribution in [0.1, 0.15) is 85.1 Å². The Bertz CT molecular complexity index is 1890. The molecule has 4 aliphatic rings. The van der Waals surface area contributed by atoms with E-state index in [0.717, 1.165) is 67.1 Å². The van der Waals surface area contributed by atoms with E-state index in [9.17, 15) is 9.59 Å². The summed E-state index contributed by atoms with van der Waals surface area (Å²) in [6.45, 7) is 11.3. The third-order valence-corrected chi connectivity index (χ3v) is 11.4. The van der Waals surface area contributed by atoms with Gasteiger partial charge in [-0.3, -0.25) is 4.79 Å². The highest BCUT2D eigenvalue weighted by molar-refractivity contribution is 6.53. The number of halogens is 4. The monoisotopic (exact) mass is 713 g/mol. The van der Waals surface area contributed by atoms with Crippen LogP contribution in [0.4, 0.5) is 11.4 Å². The molecule has 0 bridgehead atoms. The number of fused-ring (bicyclic) bond motifs is 8. The summed E-state index contributed by atoms with van der Waals surface area (Å²) >= 11 is 26.9. The highest BCUT2D eigenvalue weighted by Crippen LogP contribution is 2.62. The van der Waals surface area contributed by atoms with Gasteiger partial charge in [-0.05, 0) is 70.2 Å². The predicted molar refractivity (Wildman–Crippen MR) is 189 cm³/mol. The molecule has 1 atom stereocenters. The first kappa shape index (κ1) is 32.4. The van der Waals surface area contributed by atoms with Crippen molar-refractivity contribution < 1.29 is 19.1 Å². The molecular formula is C36H35Cl4N3O4. The minimum atomic E-state index is -1.49. The van der Waals surface area contributed by atoms with Crippen molar-refractivity contribution in [2.75, 3.05) is 36.0 Å². The molecule has 246 valence electrons. The quantitative estimate of drug-likeness (QED) is 0.156. The number of rotatable bonds is 6. The molecule has 7 rings (SSSR count). The maximum absolute atomic E-state index is 13.9. The van der Waals surface area contributed by atoms with E-state index in [0.29, 0.717) is 41.0 Å². The van der Waals surface area contributed by atoms with E-state index >= 15 is 0 Å². The van der Waals surface area contributed by atoms with E-state index in [2.05, 4.69) is 41.1 Å². The second-order valence-electron chi connectivity index (χ2n) is 12.9. The second kappa shape index (κ2) is 12.1. The summed E-state index contributed by atoms with van der Waals surface area (Å²) in [5, 5.41) is 3.15. The van der Waals surface area contributed by atoms with Crippen molar-refractivity contribution in [3.63, 3.8) is 0 Å². The van der Waals surface area contributed by atoms with Crippen LogP contribution in [-0.4, -0.2) is 44.1 Å². The highest BCUT2D eigenvalue weighted by Gasteiger charge is 2.57. The fourth-order valence-electron chi connectivity index (χ4n) is 7.40. The standard InChI is InChI=1S/C36H35Cl4N3O4/c1-5-42-13-10-19(4)21-15-23-27(17-25(21)42)46-26-16-24-20(8-6-11-43(24)12-7-9-28(44)41-18(2)3)14-22(26)36(23)30-29(35(45)47-36)31(37)33(39)34(40)32(30)38/h10,14-18H,5-9,11-13H2,1-4H3,(H,41,44). The summed E-state index contributed by atoms with van der Waals surface area (Å²) in [7, 11) is 0. The Hall–Kier alpha value is -3.10. The number of likely N-dealkylation sites (N-methyl/N-ethyl adjacent to an activating group) is 1. The Morgan fingerprint density at radius 3 is 2.40 bits per heavy atom. The van der Waals surface area contributed by atoms with Crippen molar-refractivity contribution in [2.45, 2.75) is 65.0 Å². The third kappa shape index (κ3) is 5.08. The summed E-state index contributed by atoms with van der Waals surface area (Å²) in [6.07, 6.45) is 5.11. The Morgan fingerprint density at radius 2 is 1.68 bits per heavy atom. The number of ether oxygens (including phenoxy) is 2. The Kier molecular flexibility index (Phi) is 8.35. The van der Waals surface area contributed by atoms with E-state index in [1.54, 1.807) is 0 Å². The van der Waals surface area contributed by atoms with E-state index in [1.807, 2.05) is 32.0 Å². The lowest BCUT2D eigenvalue weighted by Crippen LogP contribution is -2.36. The van der Waals surface area contributed by atoms with Crippen molar-refractivity contribution in [1.29, 1.82) is 0 Å². The van der Waals surface area contributed by atoms with Crippen LogP contribution in [-0.2, 0) is 21.6 Å². The number of esters is 1. The fraction of sp³-hybridized carbons (Fsp3) is 0.389. The zero-order valence-electron chi connectivity index (χ0n) is 26.7. The van der Waals surface area contributed by atoms with Gasteiger partial charge in [0.2, 0.25) is 5.91 Å². The van der Waals surface area contributed by atoms with Crippen LogP contribution in [0.15, 0.2) is 30.3 Å². The largest absolute Gasteiger partial charge is 0.456 e. The predicted octanol–water partition coefficient (Wildman–Crippen LogP) is 9.17. The normalized spacial score (nSPS) is 19.0. The summed E-state index contributed by atoms with van der Waals surface area (Å²) < 4.78 is 13.3. The Balaban J connectivity index is 1.42. The van der Waals surface area contributed by atoms with Crippen LogP contribution in [0.5, 0.6) is 11.5 Å². The molecule has 0 radical (unpaired) electrons. The van der Waals surface area contributed by atoms with Gasteiger partial charge in [0.15, 0.2) is 5.60 Å². The van der Waals surface area contributed by atoms with E-state index in [-0.39, 0.29) is 37.6 Å². The number of aryl methyl sites for hydroxylation is 1. The van der Waals surface area contributed by atoms with Crippen LogP contribution in [0, 0.1) is 0 Å². The summed E-state index contributed by atoms with van der Waals surface area (Å²) in [5.74, 6) is 0.514. The number of hydrogen-bond acceptors (Lipinski definition) is 6. The number of hydrogen-bond donors (Lipinski definition) is 1. The lowest BCUT2D eigenvalue weighted by atomic mass is 9.75. The minimum Gasteiger partial charge on any atom is -0.456 e. The summed E-state index contributed by atoms with van der Waals surface area (Å²) in [6, 6.07) is 8.28. The Labute approximate surface area is 294 Å². The molecule has 4 aliphatic heterocycles. The lowest BCUT2D eigenvalue weighted by molar-refractivity contribution is -0.121. The molecule has 1 unspecified atom stereocenters. The molecule has 0 fully saturated rings. The number of carbonyl (C=O) groups excluding carboxylic acids is 2. The van der Waals surface area contributed by atoms with Gasteiger partial charge in [-0.25, -0.2) is 4.79 Å². The number of nitrogens with one attached hydrogen (secondary N) is 1. The van der Waals surface area contributed by atoms with Crippen molar-refractivity contribution in [3.8, 4) is 11.5 Å². The molecule has 11 heteroatoms. The molecule has 3 aromatic carbocycles. The number of carbonyl (C=O) groups is 2. The van der Waals surface area contributed by atoms with Crippen LogP contribution in [0.2, 0.25) is 20.1 Å². The van der Waals surface area contributed by atoms with Gasteiger partial charge in [-0.15, -0.1) is 0 Å². The van der Waals surface area contributed by atoms with Crippen LogP contribution in [0.25, 0.3) is 5.57 Å². The lowest BCUT2D eigenvalue weighted by Gasteiger charge is -2.41. The number of anilines is 2. The second-order valence-corrected chi connectivity index (χ2v) is 14.4. The molecule has 1 amide bonds. The smallest absolute Gasteiger partial charge is 0.341 e. The van der Waals surface area contributed by atoms with Gasteiger partial charge < -0.3 is 24.6 Å². The van der Waals surface area contributed by atoms with Gasteiger partial charge in [0.05, 0.1) is 25.7 Å². The summed E-state index contributed by atoms with van der Waals surface area (Å²) in [5.41, 5.74) is 5.55. The van der Waals surface area contributed by atoms with Gasteiger partial charge in [0, 0.05) is 84.4 Å². The molecule has 47 heavy (non-hydrogen) atoms. The van der Waals surface area contributed by atoms with E-state index in [4.69, 9.17) is 55.9 Å². The van der Waals surface area contributed by atoms with Crippen molar-refractivity contribution in [1.82, 2.24) is 5.32 Å². The molecule has 0 saturated heterocycles. The topological polar surface area (TPSA) is 71.1 Å². The van der Waals surface area contributed by atoms with Gasteiger partial charge >= 0.3 is 5.97 Å². The maximum Gasteiger partial charge on any atom is 0.341 e.